The molecule has 26 heavy (non-hydrogen) atoms. The number of aliphatic hydroxyl groups is 1. The fraction of sp³-hybridized carbons (Fsp3) is 0.316. The number of aryl methyl sites for hydroxylation is 1. The van der Waals surface area contributed by atoms with Gasteiger partial charge in [0, 0.05) is 36.6 Å². The molecule has 1 atom stereocenters. The number of β-amino-alcohol motifs (C(OH)–C–C–N with tert-alkyl or cyclic N) is 1. The summed E-state index contributed by atoms with van der Waals surface area (Å²) in [6, 6.07) is 9.50. The third-order valence-electron chi connectivity index (χ3n) is 4.50. The highest BCUT2D eigenvalue weighted by atomic mass is 32.1. The van der Waals surface area contributed by atoms with Gasteiger partial charge in [-0.3, -0.25) is 9.69 Å². The number of benzene rings is 1. The molecule has 2 N–H and O–H groups in total. The molecule has 3 heterocycles. The lowest BCUT2D eigenvalue weighted by Gasteiger charge is -2.15. The van der Waals surface area contributed by atoms with E-state index in [4.69, 9.17) is 0 Å². The quantitative estimate of drug-likeness (QED) is 0.739. The number of aliphatic hydroxyl groups excluding tert-OH is 1. The van der Waals surface area contributed by atoms with E-state index in [2.05, 4.69) is 19.9 Å². The van der Waals surface area contributed by atoms with Crippen LogP contribution in [0, 0.1) is 6.92 Å². The maximum atomic E-state index is 12.0. The predicted octanol–water partition coefficient (Wildman–Crippen LogP) is 2.44. The van der Waals surface area contributed by atoms with E-state index in [1.54, 1.807) is 0 Å². The monoisotopic (exact) mass is 368 g/mol. The Hall–Kier alpha value is -2.35. The van der Waals surface area contributed by atoms with Crippen molar-refractivity contribution in [1.29, 1.82) is 0 Å². The van der Waals surface area contributed by atoms with E-state index >= 15 is 0 Å². The lowest BCUT2D eigenvalue weighted by Crippen LogP contribution is -2.21. The first-order valence-electron chi connectivity index (χ1n) is 8.60. The van der Waals surface area contributed by atoms with Crippen LogP contribution in [0.25, 0.3) is 22.8 Å². The van der Waals surface area contributed by atoms with E-state index in [1.807, 2.05) is 36.6 Å². The van der Waals surface area contributed by atoms with Gasteiger partial charge in [-0.15, -0.1) is 11.3 Å². The van der Waals surface area contributed by atoms with Crippen molar-refractivity contribution in [3.63, 3.8) is 0 Å². The Morgan fingerprint density at radius 2 is 2.08 bits per heavy atom. The second kappa shape index (κ2) is 7.11. The largest absolute Gasteiger partial charge is 0.392 e. The van der Waals surface area contributed by atoms with Crippen molar-refractivity contribution >= 4 is 11.3 Å². The molecular formula is C19H20N4O2S. The number of likely N-dealkylation sites (tertiary alicyclic amines) is 1. The van der Waals surface area contributed by atoms with Gasteiger partial charge in [-0.2, -0.15) is 0 Å². The van der Waals surface area contributed by atoms with Crippen molar-refractivity contribution in [3.05, 3.63) is 56.6 Å². The van der Waals surface area contributed by atoms with Gasteiger partial charge < -0.3 is 10.1 Å². The molecule has 0 unspecified atom stereocenters. The van der Waals surface area contributed by atoms with E-state index in [0.717, 1.165) is 42.3 Å². The summed E-state index contributed by atoms with van der Waals surface area (Å²) in [6.45, 7) is 4.40. The molecular weight excluding hydrogens is 348 g/mol. The second-order valence-corrected chi connectivity index (χ2v) is 7.67. The number of hydrogen-bond donors (Lipinski definition) is 2. The van der Waals surface area contributed by atoms with Crippen LogP contribution in [-0.2, 0) is 6.54 Å². The number of aromatic nitrogens is 3. The lowest BCUT2D eigenvalue weighted by molar-refractivity contribution is 0.175. The van der Waals surface area contributed by atoms with Crippen molar-refractivity contribution in [2.24, 2.45) is 0 Å². The molecule has 0 spiro atoms. The highest BCUT2D eigenvalue weighted by Gasteiger charge is 2.19. The van der Waals surface area contributed by atoms with Gasteiger partial charge in [-0.25, -0.2) is 9.97 Å². The smallest absolute Gasteiger partial charge is 0.251 e. The van der Waals surface area contributed by atoms with Gasteiger partial charge in [-0.1, -0.05) is 24.3 Å². The Morgan fingerprint density at radius 3 is 2.73 bits per heavy atom. The van der Waals surface area contributed by atoms with Crippen LogP contribution >= 0.6 is 11.3 Å². The maximum absolute atomic E-state index is 12.0. The molecule has 4 rings (SSSR count). The van der Waals surface area contributed by atoms with Crippen LogP contribution < -0.4 is 5.56 Å². The van der Waals surface area contributed by atoms with E-state index in [-0.39, 0.29) is 11.7 Å². The third-order valence-corrected chi connectivity index (χ3v) is 5.28. The Kier molecular flexibility index (Phi) is 4.67. The highest BCUT2D eigenvalue weighted by Crippen LogP contribution is 2.22. The van der Waals surface area contributed by atoms with Crippen LogP contribution in [0.5, 0.6) is 0 Å². The number of hydrogen-bond acceptors (Lipinski definition) is 6. The first kappa shape index (κ1) is 17.1. The average molecular weight is 368 g/mol. The summed E-state index contributed by atoms with van der Waals surface area (Å²) < 4.78 is 0. The summed E-state index contributed by atoms with van der Waals surface area (Å²) in [7, 11) is 0. The Labute approximate surface area is 155 Å². The molecule has 0 amide bonds. The number of H-pyrrole nitrogens is 1. The van der Waals surface area contributed by atoms with Crippen molar-refractivity contribution in [2.45, 2.75) is 26.0 Å². The number of nitrogens with one attached hydrogen (secondary N) is 1. The molecule has 1 aliphatic heterocycles. The zero-order valence-electron chi connectivity index (χ0n) is 14.5. The van der Waals surface area contributed by atoms with Gasteiger partial charge >= 0.3 is 0 Å². The number of aromatic amines is 1. The minimum absolute atomic E-state index is 0.189. The first-order valence-corrected chi connectivity index (χ1v) is 9.48. The van der Waals surface area contributed by atoms with Crippen LogP contribution in [0.4, 0.5) is 0 Å². The molecule has 0 radical (unpaired) electrons. The predicted molar refractivity (Wildman–Crippen MR) is 102 cm³/mol. The normalized spacial score (nSPS) is 17.7. The maximum Gasteiger partial charge on any atom is 0.251 e. The zero-order chi connectivity index (χ0) is 18.1. The summed E-state index contributed by atoms with van der Waals surface area (Å²) >= 11 is 1.54. The highest BCUT2D eigenvalue weighted by molar-refractivity contribution is 7.09. The molecule has 6 nitrogen and oxygen atoms in total. The van der Waals surface area contributed by atoms with Crippen LogP contribution in [0.15, 0.2) is 40.5 Å². The van der Waals surface area contributed by atoms with Crippen LogP contribution in [0.3, 0.4) is 0 Å². The van der Waals surface area contributed by atoms with Gasteiger partial charge in [0.05, 0.1) is 16.8 Å². The van der Waals surface area contributed by atoms with Gasteiger partial charge in [0.25, 0.3) is 5.56 Å². The van der Waals surface area contributed by atoms with E-state index in [0.29, 0.717) is 11.5 Å². The number of thiazole rings is 1. The second-order valence-electron chi connectivity index (χ2n) is 6.61. The minimum Gasteiger partial charge on any atom is -0.392 e. The molecule has 1 aliphatic rings. The summed E-state index contributed by atoms with van der Waals surface area (Å²) in [4.78, 5) is 26.1. The summed E-state index contributed by atoms with van der Waals surface area (Å²) in [5, 5.41) is 12.5. The number of rotatable bonds is 4. The van der Waals surface area contributed by atoms with Crippen molar-refractivity contribution < 1.29 is 5.11 Å². The van der Waals surface area contributed by atoms with Gasteiger partial charge in [0.1, 0.15) is 11.5 Å². The molecule has 2 aromatic heterocycles. The zero-order valence-corrected chi connectivity index (χ0v) is 15.3. The molecule has 0 aliphatic carbocycles. The summed E-state index contributed by atoms with van der Waals surface area (Å²) in [5.41, 5.74) is 3.16. The number of nitrogens with zero attached hydrogens (tertiary/aromatic N) is 3. The molecule has 0 saturated carbocycles. The van der Waals surface area contributed by atoms with Crippen molar-refractivity contribution in [3.8, 4) is 22.8 Å². The molecule has 7 heteroatoms. The Morgan fingerprint density at radius 1 is 1.27 bits per heavy atom. The van der Waals surface area contributed by atoms with Crippen molar-refractivity contribution in [1.82, 2.24) is 19.9 Å². The minimum atomic E-state index is -0.208. The Bertz CT molecular complexity index is 964. The lowest BCUT2D eigenvalue weighted by atomic mass is 10.1. The third kappa shape index (κ3) is 3.75. The molecule has 0 bridgehead atoms. The molecule has 3 aromatic rings. The summed E-state index contributed by atoms with van der Waals surface area (Å²) in [5.74, 6) is 0.543. The fourth-order valence-electron chi connectivity index (χ4n) is 3.19. The topological polar surface area (TPSA) is 82.1 Å². The molecule has 1 fully saturated rings. The molecule has 1 aromatic carbocycles. The van der Waals surface area contributed by atoms with E-state index in [1.165, 1.54) is 23.0 Å². The molecule has 134 valence electrons. The van der Waals surface area contributed by atoms with Crippen LogP contribution in [0.1, 0.15) is 17.0 Å². The van der Waals surface area contributed by atoms with Gasteiger partial charge in [-0.05, 0) is 18.9 Å². The first-order chi connectivity index (χ1) is 12.6. The fourth-order valence-corrected chi connectivity index (χ4v) is 3.80. The van der Waals surface area contributed by atoms with Gasteiger partial charge in [0.15, 0.2) is 0 Å². The molecule has 1 saturated heterocycles. The van der Waals surface area contributed by atoms with E-state index in [9.17, 15) is 9.90 Å². The van der Waals surface area contributed by atoms with Crippen molar-refractivity contribution in [2.75, 3.05) is 13.1 Å². The van der Waals surface area contributed by atoms with Gasteiger partial charge in [0.2, 0.25) is 0 Å². The summed E-state index contributed by atoms with van der Waals surface area (Å²) in [6.07, 6.45) is 0.632. The average Bonchev–Trinajstić information content (AvgIpc) is 3.23. The SMILES string of the molecule is Cc1nc(-c2cc(=O)[nH]c(-c3ccc(CN4CC[C@@H](O)C4)cc3)n2)cs1. The van der Waals surface area contributed by atoms with Crippen LogP contribution in [0.2, 0.25) is 0 Å². The standard InChI is InChI=1S/C19H20N4O2S/c1-12-20-17(11-26-12)16-8-18(25)22-19(21-16)14-4-2-13(3-5-14)9-23-7-6-15(24)10-23/h2-5,8,11,15,24H,6-7,9-10H2,1H3,(H,21,22,25)/t15-/m1/s1. The van der Waals surface area contributed by atoms with E-state index < -0.39 is 0 Å². The van der Waals surface area contributed by atoms with Crippen LogP contribution in [-0.4, -0.2) is 44.2 Å². The Balaban J connectivity index is 1.57.